The predicted octanol–water partition coefficient (Wildman–Crippen LogP) is 18.9. The predicted molar refractivity (Wildman–Crippen MR) is 452 cm³/mol. The third-order valence-electron chi connectivity index (χ3n) is 27.2. The monoisotopic (exact) mass is 1580 g/mol. The molecule has 0 unspecified atom stereocenters. The molecule has 20 heteroatoms. The van der Waals surface area contributed by atoms with Crippen LogP contribution >= 0.6 is 0 Å². The summed E-state index contributed by atoms with van der Waals surface area (Å²) in [6, 6.07) is 35.8. The summed E-state index contributed by atoms with van der Waals surface area (Å²) in [5.74, 6) is 1.57. The molecule has 5 saturated carbocycles. The molecule has 9 aliphatic carbocycles. The van der Waals surface area contributed by atoms with E-state index in [9.17, 15) is 36.7 Å². The molecule has 0 bridgehead atoms. The van der Waals surface area contributed by atoms with Crippen LogP contribution < -0.4 is 21.3 Å². The summed E-state index contributed by atoms with van der Waals surface area (Å²) in [6.45, 7) is 18.0. The van der Waals surface area contributed by atoms with Crippen LogP contribution in [0.4, 0.5) is 17.6 Å². The van der Waals surface area contributed by atoms with Crippen molar-refractivity contribution in [3.63, 3.8) is 0 Å². The number of carbonyl (C=O) groups excluding carboxylic acids is 4. The van der Waals surface area contributed by atoms with E-state index in [0.717, 1.165) is 186 Å². The van der Waals surface area contributed by atoms with Crippen molar-refractivity contribution in [1.29, 1.82) is 0 Å². The van der Waals surface area contributed by atoms with Gasteiger partial charge in [-0.3, -0.25) is 19.2 Å². The van der Waals surface area contributed by atoms with Gasteiger partial charge in [-0.1, -0.05) is 93.3 Å². The van der Waals surface area contributed by atoms with Gasteiger partial charge in [-0.25, -0.2) is 36.3 Å². The first-order valence-electron chi connectivity index (χ1n) is 42.5. The summed E-state index contributed by atoms with van der Waals surface area (Å²) in [5.41, 5.74) is 19.8. The van der Waals surface area contributed by atoms with Gasteiger partial charge in [-0.15, -0.1) is 6.58 Å². The summed E-state index contributed by atoms with van der Waals surface area (Å²) in [7, 11) is 0. The molecule has 0 radical (unpaired) electrons. The lowest BCUT2D eigenvalue weighted by molar-refractivity contribution is -0.123. The minimum Gasteiger partial charge on any atom is -0.356 e. The van der Waals surface area contributed by atoms with Gasteiger partial charge < -0.3 is 21.3 Å². The number of halogens is 4. The van der Waals surface area contributed by atoms with Crippen LogP contribution in [0.15, 0.2) is 187 Å². The quantitative estimate of drug-likeness (QED) is 0.0428. The van der Waals surface area contributed by atoms with E-state index in [4.69, 9.17) is 0 Å². The lowest BCUT2D eigenvalue weighted by Crippen LogP contribution is -2.43. The van der Waals surface area contributed by atoms with Gasteiger partial charge in [-0.2, -0.15) is 20.4 Å². The summed E-state index contributed by atoms with van der Waals surface area (Å²) < 4.78 is 60.9. The van der Waals surface area contributed by atoms with Gasteiger partial charge in [-0.05, 0) is 323 Å². The van der Waals surface area contributed by atoms with Crippen molar-refractivity contribution >= 4 is 47.9 Å². The molecule has 5 aromatic carbocycles. The largest absolute Gasteiger partial charge is 0.356 e. The van der Waals surface area contributed by atoms with E-state index in [-0.39, 0.29) is 74.5 Å². The van der Waals surface area contributed by atoms with Crippen LogP contribution in [0.3, 0.4) is 0 Å². The number of fused-ring (bicyclic) bond motifs is 8. The maximum Gasteiger partial charge on any atom is 0.224 e. The molecule has 8 atom stereocenters. The smallest absolute Gasteiger partial charge is 0.224 e. The van der Waals surface area contributed by atoms with Gasteiger partial charge in [0.2, 0.25) is 23.6 Å². The number of hydrogen-bond acceptors (Lipinski definition) is 8. The third-order valence-corrected chi connectivity index (χ3v) is 27.2. The number of allylic oxidation sites excluding steroid dienone is 5. The molecule has 16 nitrogen and oxygen atoms in total. The van der Waals surface area contributed by atoms with Crippen LogP contribution in [-0.2, 0) is 51.3 Å². The van der Waals surface area contributed by atoms with Crippen LogP contribution in [0.5, 0.6) is 0 Å². The van der Waals surface area contributed by atoms with Crippen LogP contribution in [0.25, 0.3) is 47.1 Å². The molecule has 4 N–H and O–H groups in total. The van der Waals surface area contributed by atoms with E-state index in [1.54, 1.807) is 54.6 Å². The van der Waals surface area contributed by atoms with E-state index >= 15 is 0 Å². The number of amides is 4. The number of nitrogens with one attached hydrogen (secondary N) is 4. The highest BCUT2D eigenvalue weighted by molar-refractivity contribution is 5.81. The van der Waals surface area contributed by atoms with Gasteiger partial charge in [0.1, 0.15) is 23.3 Å². The number of rotatable bonds is 20. The number of nitrogens with zero attached hydrogens (tertiary/aromatic N) is 8. The SMILES string of the molecule is C=CCCC(=O)NC[C@H]1CCCC2=Cc3c(cnn3-c3ccc(F)cc3)C[C@@]21C.CCCC(=O)NC[C@H]1CCCC2=Cc3c(cnn3-c3ccc(F)cc3)C[C@@]21C.C[C@]12Cc3cnn(-c4ccc(F)cc4)c3C=C1CCC[C@@H]2CNC(=O)C1CC1.C[C@]12Cc3cnn(-c4ccc(F)cc4)c3C=C1CCC[C@@H]2CNC(=O)Cc1ccccc1. The zero-order valence-electron chi connectivity index (χ0n) is 68.2. The Hall–Kier alpha value is -10.8. The molecule has 18 rings (SSSR count). The van der Waals surface area contributed by atoms with E-state index in [0.29, 0.717) is 62.4 Å². The van der Waals surface area contributed by atoms with Gasteiger partial charge in [0.15, 0.2) is 0 Å². The Morgan fingerprint density at radius 3 is 1.01 bits per heavy atom. The van der Waals surface area contributed by atoms with E-state index in [1.807, 2.05) is 80.8 Å². The Bertz CT molecular complexity index is 5220. The molecule has 0 aliphatic heterocycles. The Morgan fingerprint density at radius 1 is 0.410 bits per heavy atom. The Labute approximate surface area is 684 Å². The minimum atomic E-state index is -0.245. The zero-order chi connectivity index (χ0) is 81.6. The molecule has 4 heterocycles. The average Bonchev–Trinajstić information content (AvgIpc) is 1.67. The fraction of sp³-hybridized carbons (Fsp3) is 0.423. The second-order valence-corrected chi connectivity index (χ2v) is 34.9. The Morgan fingerprint density at radius 2 is 0.709 bits per heavy atom. The second-order valence-electron chi connectivity index (χ2n) is 34.9. The van der Waals surface area contributed by atoms with E-state index in [1.165, 1.54) is 93.1 Å². The highest BCUT2D eigenvalue weighted by Gasteiger charge is 2.48. The Kier molecular flexibility index (Phi) is 24.5. The number of benzene rings is 5. The van der Waals surface area contributed by atoms with Gasteiger partial charge in [0.25, 0.3) is 0 Å². The third kappa shape index (κ3) is 17.8. The van der Waals surface area contributed by atoms with Gasteiger partial charge in [0.05, 0.1) is 76.7 Å². The van der Waals surface area contributed by atoms with Crippen LogP contribution in [0.2, 0.25) is 0 Å². The van der Waals surface area contributed by atoms with Crippen molar-refractivity contribution in [1.82, 2.24) is 60.4 Å². The number of aromatic nitrogens is 8. The average molecular weight is 1580 g/mol. The fourth-order valence-electron chi connectivity index (χ4n) is 19.9. The van der Waals surface area contributed by atoms with Crippen molar-refractivity contribution in [3.05, 3.63) is 261 Å². The minimum absolute atomic E-state index is 0.0158. The Balaban J connectivity index is 0.000000122. The second kappa shape index (κ2) is 35.2. The van der Waals surface area contributed by atoms with Crippen molar-refractivity contribution < 1.29 is 36.7 Å². The summed E-state index contributed by atoms with van der Waals surface area (Å²) in [5, 5.41) is 31.1. The molecule has 610 valence electrons. The number of hydrogen-bond donors (Lipinski definition) is 4. The number of carbonyl (C=O) groups is 4. The van der Waals surface area contributed by atoms with Gasteiger partial charge >= 0.3 is 0 Å². The van der Waals surface area contributed by atoms with Gasteiger partial charge in [0, 0.05) is 44.9 Å². The van der Waals surface area contributed by atoms with Crippen molar-refractivity contribution in [2.45, 2.75) is 182 Å². The highest BCUT2D eigenvalue weighted by atomic mass is 19.1. The van der Waals surface area contributed by atoms with Crippen LogP contribution in [-0.4, -0.2) is 88.9 Å². The molecule has 4 amide bonds. The van der Waals surface area contributed by atoms with E-state index < -0.39 is 0 Å². The standard InChI is InChI=1S/C27H28FN3O.C24H28FN3O.C23H26FN3O.C23H28FN3O/c1-27-16-20-17-30-31(24-12-10-23(28)11-13-24)25(20)15-21(27)8-5-9-22(27)18-29-26(32)14-19-6-3-2-4-7-19;1-3-4-8-23(29)26-16-19-7-5-6-18-13-22-17(14-24(18,19)2)15-27-28(22)21-11-9-20(25)10-12-21;1-23-12-16-13-26-27(20-9-7-19(24)8-10-20)21(16)11-17(23)3-2-4-18(23)14-25-22(28)15-5-6-15;1-3-5-22(28)25-15-18-7-4-6-17-12-21-16(13-23(17,18)2)14-26-27(21)20-10-8-19(24)9-11-20/h2-4,6-7,10-13,15,17,22H,5,8-9,14,16,18H2,1H3,(H,29,32);3,9-13,15,19H,1,4-8,14,16H2,2H3,(H,26,29);7-11,13,15,18H,2-6,12,14H2,1H3,(H,25,28);8-12,14,18H,3-7,13,15H2,1-2H3,(H,25,28)/t22-,27+;19-,24+;2*18-,23+/m1111/s1. The summed E-state index contributed by atoms with van der Waals surface area (Å²) in [4.78, 5) is 48.7. The van der Waals surface area contributed by atoms with E-state index in [2.05, 4.69) is 100 Å². The van der Waals surface area contributed by atoms with Crippen molar-refractivity contribution in [2.24, 2.45) is 51.2 Å². The zero-order valence-corrected chi connectivity index (χ0v) is 68.2. The molecule has 9 aliphatic rings. The molecule has 0 spiro atoms. The molecule has 117 heavy (non-hydrogen) atoms. The fourth-order valence-corrected chi connectivity index (χ4v) is 19.9. The summed E-state index contributed by atoms with van der Waals surface area (Å²) in [6.07, 6.45) is 41.0. The highest BCUT2D eigenvalue weighted by Crippen LogP contribution is 2.55. The molecule has 5 fully saturated rings. The molecule has 4 aromatic heterocycles. The summed E-state index contributed by atoms with van der Waals surface area (Å²) >= 11 is 0. The first-order valence-corrected chi connectivity index (χ1v) is 42.5. The molecule has 0 saturated heterocycles. The topological polar surface area (TPSA) is 188 Å². The molecule has 9 aromatic rings. The normalized spacial score (nSPS) is 23.6. The lowest BCUT2D eigenvalue weighted by atomic mass is 9.60. The van der Waals surface area contributed by atoms with Crippen molar-refractivity contribution in [2.75, 3.05) is 26.2 Å². The first kappa shape index (κ1) is 81.4. The maximum atomic E-state index is 13.4. The lowest BCUT2D eigenvalue weighted by Gasteiger charge is -2.46. The van der Waals surface area contributed by atoms with Crippen LogP contribution in [0.1, 0.15) is 201 Å². The molecular weight excluding hydrogens is 1470 g/mol. The van der Waals surface area contributed by atoms with Crippen LogP contribution in [0, 0.1) is 74.5 Å². The maximum absolute atomic E-state index is 13.4. The van der Waals surface area contributed by atoms with Crippen molar-refractivity contribution in [3.8, 4) is 22.7 Å². The molecular formula is C97H110F4N12O4. The first-order chi connectivity index (χ1) is 56.6.